The van der Waals surface area contributed by atoms with Crippen molar-refractivity contribution in [3.05, 3.63) is 0 Å². The second-order valence-electron chi connectivity index (χ2n) is 6.32. The highest BCUT2D eigenvalue weighted by molar-refractivity contribution is 7.99. The third-order valence-corrected chi connectivity index (χ3v) is 5.97. The zero-order chi connectivity index (χ0) is 12.3. The summed E-state index contributed by atoms with van der Waals surface area (Å²) in [7, 11) is 2.24. The van der Waals surface area contributed by atoms with Gasteiger partial charge in [0.2, 0.25) is 0 Å². The summed E-state index contributed by atoms with van der Waals surface area (Å²) >= 11 is 2.14. The molecular formula is C14H28N2S. The summed E-state index contributed by atoms with van der Waals surface area (Å²) in [4.78, 5) is 2.46. The van der Waals surface area contributed by atoms with E-state index in [9.17, 15) is 0 Å². The topological polar surface area (TPSA) is 15.3 Å². The van der Waals surface area contributed by atoms with Crippen LogP contribution >= 0.6 is 11.8 Å². The Morgan fingerprint density at radius 2 is 2.06 bits per heavy atom. The molecule has 2 unspecified atom stereocenters. The molecule has 2 atom stereocenters. The third kappa shape index (κ3) is 3.87. The number of hydrogen-bond acceptors (Lipinski definition) is 3. The van der Waals surface area contributed by atoms with Gasteiger partial charge >= 0.3 is 0 Å². The quantitative estimate of drug-likeness (QED) is 0.835. The maximum atomic E-state index is 3.86. The van der Waals surface area contributed by atoms with Crippen LogP contribution < -0.4 is 5.32 Å². The standard InChI is InChI=1S/C14H28N2S/c1-12-13(5-4-10-17-12)15-11-14(2)6-8-16(3)9-7-14/h12-13,15H,4-11H2,1-3H3. The van der Waals surface area contributed by atoms with E-state index in [4.69, 9.17) is 0 Å². The van der Waals surface area contributed by atoms with E-state index in [1.807, 2.05) is 0 Å². The Morgan fingerprint density at radius 1 is 1.35 bits per heavy atom. The summed E-state index contributed by atoms with van der Waals surface area (Å²) in [5, 5.41) is 4.66. The van der Waals surface area contributed by atoms with Crippen molar-refractivity contribution in [2.45, 2.75) is 50.8 Å². The molecule has 2 aliphatic rings. The van der Waals surface area contributed by atoms with Crippen molar-refractivity contribution < 1.29 is 0 Å². The normalized spacial score (nSPS) is 34.8. The van der Waals surface area contributed by atoms with Crippen molar-refractivity contribution in [2.24, 2.45) is 5.41 Å². The van der Waals surface area contributed by atoms with E-state index in [0.29, 0.717) is 5.41 Å². The lowest BCUT2D eigenvalue weighted by Gasteiger charge is -2.40. The molecule has 0 aromatic carbocycles. The first-order valence-corrected chi connectivity index (χ1v) is 8.17. The summed E-state index contributed by atoms with van der Waals surface area (Å²) in [5.41, 5.74) is 0.536. The van der Waals surface area contributed by atoms with E-state index in [1.54, 1.807) is 0 Å². The van der Waals surface area contributed by atoms with E-state index in [2.05, 4.69) is 42.9 Å². The van der Waals surface area contributed by atoms with Crippen LogP contribution in [0.15, 0.2) is 0 Å². The molecule has 17 heavy (non-hydrogen) atoms. The maximum absolute atomic E-state index is 3.86. The summed E-state index contributed by atoms with van der Waals surface area (Å²) in [5.74, 6) is 1.36. The molecule has 0 bridgehead atoms. The first-order chi connectivity index (χ1) is 8.09. The minimum atomic E-state index is 0.536. The van der Waals surface area contributed by atoms with E-state index < -0.39 is 0 Å². The van der Waals surface area contributed by atoms with Crippen LogP contribution in [-0.2, 0) is 0 Å². The van der Waals surface area contributed by atoms with Gasteiger partial charge in [0.1, 0.15) is 0 Å². The molecule has 0 aromatic rings. The molecule has 100 valence electrons. The molecule has 0 aliphatic carbocycles. The monoisotopic (exact) mass is 256 g/mol. The minimum Gasteiger partial charge on any atom is -0.312 e. The number of nitrogens with zero attached hydrogens (tertiary/aromatic N) is 1. The molecule has 2 aliphatic heterocycles. The Bertz CT molecular complexity index is 236. The fourth-order valence-electron chi connectivity index (χ4n) is 2.90. The average molecular weight is 256 g/mol. The summed E-state index contributed by atoms with van der Waals surface area (Å²) in [6, 6.07) is 0.755. The minimum absolute atomic E-state index is 0.536. The molecule has 2 nitrogen and oxygen atoms in total. The van der Waals surface area contributed by atoms with Gasteiger partial charge in [-0.15, -0.1) is 0 Å². The van der Waals surface area contributed by atoms with E-state index >= 15 is 0 Å². The number of rotatable bonds is 3. The van der Waals surface area contributed by atoms with Crippen molar-refractivity contribution >= 4 is 11.8 Å². The van der Waals surface area contributed by atoms with Crippen LogP contribution in [-0.4, -0.2) is 48.6 Å². The molecule has 0 aromatic heterocycles. The van der Waals surface area contributed by atoms with Gasteiger partial charge in [0.25, 0.3) is 0 Å². The zero-order valence-corrected chi connectivity index (χ0v) is 12.5. The Labute approximate surface area is 111 Å². The number of nitrogens with one attached hydrogen (secondary N) is 1. The number of likely N-dealkylation sites (tertiary alicyclic amines) is 1. The van der Waals surface area contributed by atoms with Gasteiger partial charge < -0.3 is 10.2 Å². The number of hydrogen-bond donors (Lipinski definition) is 1. The van der Waals surface area contributed by atoms with Gasteiger partial charge in [0.15, 0.2) is 0 Å². The van der Waals surface area contributed by atoms with Gasteiger partial charge in [-0.2, -0.15) is 11.8 Å². The van der Waals surface area contributed by atoms with Gasteiger partial charge in [-0.05, 0) is 57.0 Å². The van der Waals surface area contributed by atoms with Gasteiger partial charge in [-0.3, -0.25) is 0 Å². The highest BCUT2D eigenvalue weighted by atomic mass is 32.2. The maximum Gasteiger partial charge on any atom is 0.0184 e. The fourth-order valence-corrected chi connectivity index (χ4v) is 4.07. The van der Waals surface area contributed by atoms with Crippen LogP contribution in [0.4, 0.5) is 0 Å². The molecule has 3 heteroatoms. The number of piperidine rings is 1. The third-order valence-electron chi connectivity index (χ3n) is 4.59. The molecule has 0 spiro atoms. The second kappa shape index (κ2) is 5.94. The largest absolute Gasteiger partial charge is 0.312 e. The first kappa shape index (κ1) is 13.7. The zero-order valence-electron chi connectivity index (χ0n) is 11.7. The molecule has 2 fully saturated rings. The summed E-state index contributed by atoms with van der Waals surface area (Å²) in [6.45, 7) is 8.61. The molecule has 1 N–H and O–H groups in total. The van der Waals surface area contributed by atoms with Crippen molar-refractivity contribution in [1.29, 1.82) is 0 Å². The van der Waals surface area contributed by atoms with Gasteiger partial charge in [-0.1, -0.05) is 13.8 Å². The average Bonchev–Trinajstić information content (AvgIpc) is 2.33. The molecule has 0 amide bonds. The lowest BCUT2D eigenvalue weighted by Crippen LogP contribution is -2.47. The molecule has 2 heterocycles. The summed E-state index contributed by atoms with van der Waals surface area (Å²) in [6.07, 6.45) is 5.48. The smallest absolute Gasteiger partial charge is 0.0184 e. The SMILES string of the molecule is CC1SCCCC1NCC1(C)CCN(C)CC1. The molecule has 0 radical (unpaired) electrons. The molecule has 2 saturated heterocycles. The van der Waals surface area contributed by atoms with Gasteiger partial charge in [0.05, 0.1) is 0 Å². The molecule has 2 rings (SSSR count). The van der Waals surface area contributed by atoms with Crippen LogP contribution in [0.1, 0.15) is 39.5 Å². The van der Waals surface area contributed by atoms with E-state index in [1.165, 1.54) is 51.1 Å². The highest BCUT2D eigenvalue weighted by Crippen LogP contribution is 2.31. The van der Waals surface area contributed by atoms with E-state index in [-0.39, 0.29) is 0 Å². The van der Waals surface area contributed by atoms with Crippen molar-refractivity contribution in [3.63, 3.8) is 0 Å². The lowest BCUT2D eigenvalue weighted by molar-refractivity contribution is 0.132. The fraction of sp³-hybridized carbons (Fsp3) is 1.00. The van der Waals surface area contributed by atoms with E-state index in [0.717, 1.165) is 11.3 Å². The predicted octanol–water partition coefficient (Wildman–Crippen LogP) is 2.59. The molecule has 0 saturated carbocycles. The van der Waals surface area contributed by atoms with Crippen LogP contribution in [0.2, 0.25) is 0 Å². The van der Waals surface area contributed by atoms with Crippen molar-refractivity contribution in [1.82, 2.24) is 10.2 Å². The van der Waals surface area contributed by atoms with Crippen LogP contribution in [0, 0.1) is 5.41 Å². The Kier molecular flexibility index (Phi) is 4.79. The predicted molar refractivity (Wildman–Crippen MR) is 77.8 cm³/mol. The van der Waals surface area contributed by atoms with Crippen molar-refractivity contribution in [2.75, 3.05) is 32.4 Å². The van der Waals surface area contributed by atoms with Gasteiger partial charge in [0, 0.05) is 17.8 Å². The second-order valence-corrected chi connectivity index (χ2v) is 7.80. The van der Waals surface area contributed by atoms with Crippen molar-refractivity contribution in [3.8, 4) is 0 Å². The number of thioether (sulfide) groups is 1. The Balaban J connectivity index is 1.76. The Morgan fingerprint density at radius 3 is 2.71 bits per heavy atom. The van der Waals surface area contributed by atoms with Crippen LogP contribution in [0.3, 0.4) is 0 Å². The van der Waals surface area contributed by atoms with Gasteiger partial charge in [-0.25, -0.2) is 0 Å². The lowest BCUT2D eigenvalue weighted by atomic mass is 9.80. The first-order valence-electron chi connectivity index (χ1n) is 7.13. The van der Waals surface area contributed by atoms with Crippen LogP contribution in [0.5, 0.6) is 0 Å². The Hall–Kier alpha value is 0.270. The summed E-state index contributed by atoms with van der Waals surface area (Å²) < 4.78 is 0. The van der Waals surface area contributed by atoms with Crippen LogP contribution in [0.25, 0.3) is 0 Å². The molecular weight excluding hydrogens is 228 g/mol. The highest BCUT2D eigenvalue weighted by Gasteiger charge is 2.30.